The van der Waals surface area contributed by atoms with Crippen LogP contribution in [0.15, 0.2) is 42.7 Å². The van der Waals surface area contributed by atoms with Crippen molar-refractivity contribution in [1.82, 2.24) is 15.1 Å². The van der Waals surface area contributed by atoms with Crippen molar-refractivity contribution in [1.29, 1.82) is 0 Å². The predicted molar refractivity (Wildman–Crippen MR) is 91.6 cm³/mol. The number of aromatic nitrogens is 2. The normalized spacial score (nSPS) is 15.2. The number of alkyl halides is 3. The van der Waals surface area contributed by atoms with Crippen molar-refractivity contribution in [2.24, 2.45) is 5.92 Å². The maximum atomic E-state index is 10.6. The highest BCUT2D eigenvalue weighted by molar-refractivity contribution is 5.73. The molecule has 0 atom stereocenters. The van der Waals surface area contributed by atoms with Gasteiger partial charge >= 0.3 is 12.1 Å². The van der Waals surface area contributed by atoms with E-state index in [4.69, 9.17) is 9.90 Å². The minimum absolute atomic E-state index is 0.866. The quantitative estimate of drug-likeness (QED) is 0.865. The van der Waals surface area contributed by atoms with Gasteiger partial charge in [-0.05, 0) is 43.8 Å². The summed E-state index contributed by atoms with van der Waals surface area (Å²) in [6.45, 7) is 3.40. The van der Waals surface area contributed by atoms with E-state index in [0.717, 1.165) is 12.5 Å². The van der Waals surface area contributed by atoms with Crippen LogP contribution in [0.3, 0.4) is 0 Å². The summed E-state index contributed by atoms with van der Waals surface area (Å²) in [6, 6.07) is 10.5. The lowest BCUT2D eigenvalue weighted by atomic mass is 9.95. The number of rotatable bonds is 4. The van der Waals surface area contributed by atoms with E-state index in [1.807, 2.05) is 12.3 Å². The molecule has 2 aromatic rings. The molecule has 3 rings (SSSR count). The lowest BCUT2D eigenvalue weighted by Gasteiger charge is -2.22. The van der Waals surface area contributed by atoms with Gasteiger partial charge in [0.05, 0.1) is 6.20 Å². The van der Waals surface area contributed by atoms with Gasteiger partial charge in [-0.25, -0.2) is 4.79 Å². The molecule has 0 aliphatic carbocycles. The van der Waals surface area contributed by atoms with Crippen molar-refractivity contribution >= 4 is 5.97 Å². The standard InChI is InChI=1S/C16H21N3.C2HF3O2/c1-2-4-15(5-3-1)16-12-18-19(13-16)11-8-14-6-9-17-10-7-14;3-2(4,5)1(6)7/h1-5,12-14,17H,6-11H2;(H,6,7). The number of aryl methyl sites for hydroxylation is 1. The van der Waals surface area contributed by atoms with Gasteiger partial charge < -0.3 is 10.4 Å². The van der Waals surface area contributed by atoms with Gasteiger partial charge in [-0.3, -0.25) is 4.68 Å². The van der Waals surface area contributed by atoms with Gasteiger partial charge in [0.15, 0.2) is 0 Å². The molecule has 0 radical (unpaired) electrons. The fourth-order valence-electron chi connectivity index (χ4n) is 2.75. The van der Waals surface area contributed by atoms with Crippen LogP contribution >= 0.6 is 0 Å². The van der Waals surface area contributed by atoms with Crippen LogP contribution in [0.1, 0.15) is 19.3 Å². The first-order chi connectivity index (χ1) is 12.4. The highest BCUT2D eigenvalue weighted by atomic mass is 19.4. The molecule has 1 aromatic carbocycles. The molecule has 0 amide bonds. The van der Waals surface area contributed by atoms with E-state index in [0.29, 0.717) is 0 Å². The predicted octanol–water partition coefficient (Wildman–Crippen LogP) is 3.57. The number of benzene rings is 1. The molecule has 5 nitrogen and oxygen atoms in total. The lowest BCUT2D eigenvalue weighted by Crippen LogP contribution is -2.28. The molecule has 8 heteroatoms. The summed E-state index contributed by atoms with van der Waals surface area (Å²) in [7, 11) is 0. The van der Waals surface area contributed by atoms with Crippen molar-refractivity contribution < 1.29 is 23.1 Å². The van der Waals surface area contributed by atoms with Crippen LogP contribution in [0.5, 0.6) is 0 Å². The summed E-state index contributed by atoms with van der Waals surface area (Å²) in [5.41, 5.74) is 2.46. The van der Waals surface area contributed by atoms with Gasteiger partial charge in [0, 0.05) is 18.3 Å². The Morgan fingerprint density at radius 1 is 1.19 bits per heavy atom. The van der Waals surface area contributed by atoms with Crippen molar-refractivity contribution in [2.45, 2.75) is 32.0 Å². The molecular weight excluding hydrogens is 347 g/mol. The smallest absolute Gasteiger partial charge is 0.475 e. The van der Waals surface area contributed by atoms with E-state index in [-0.39, 0.29) is 0 Å². The lowest BCUT2D eigenvalue weighted by molar-refractivity contribution is -0.192. The highest BCUT2D eigenvalue weighted by Gasteiger charge is 2.38. The van der Waals surface area contributed by atoms with Crippen LogP contribution in [-0.2, 0) is 11.3 Å². The summed E-state index contributed by atoms with van der Waals surface area (Å²) in [6.07, 6.45) is 2.92. The second-order valence-electron chi connectivity index (χ2n) is 6.14. The first-order valence-electron chi connectivity index (χ1n) is 8.45. The van der Waals surface area contributed by atoms with E-state index < -0.39 is 12.1 Å². The number of piperidine rings is 1. The Morgan fingerprint density at radius 3 is 2.38 bits per heavy atom. The molecule has 2 N–H and O–H groups in total. The Balaban J connectivity index is 0.000000298. The van der Waals surface area contributed by atoms with E-state index in [1.165, 1.54) is 43.5 Å². The molecule has 1 fully saturated rings. The first kappa shape index (κ1) is 20.0. The molecule has 0 spiro atoms. The van der Waals surface area contributed by atoms with E-state index in [2.05, 4.69) is 45.6 Å². The zero-order valence-electron chi connectivity index (χ0n) is 14.2. The minimum Gasteiger partial charge on any atom is -0.475 e. The first-order valence-corrected chi connectivity index (χ1v) is 8.45. The number of carboxylic acid groups (broad SMARTS) is 1. The maximum absolute atomic E-state index is 10.6. The van der Waals surface area contributed by atoms with Crippen molar-refractivity contribution in [2.75, 3.05) is 13.1 Å². The van der Waals surface area contributed by atoms with Gasteiger partial charge in [-0.15, -0.1) is 0 Å². The molecule has 1 aromatic heterocycles. The monoisotopic (exact) mass is 369 g/mol. The number of aliphatic carboxylic acids is 1. The average Bonchev–Trinajstić information content (AvgIpc) is 3.10. The summed E-state index contributed by atoms with van der Waals surface area (Å²) in [5, 5.41) is 15.0. The molecule has 142 valence electrons. The van der Waals surface area contributed by atoms with Gasteiger partial charge in [0.25, 0.3) is 0 Å². The highest BCUT2D eigenvalue weighted by Crippen LogP contribution is 2.20. The third-order valence-electron chi connectivity index (χ3n) is 4.21. The SMILES string of the molecule is O=C(O)C(F)(F)F.c1ccc(-c2cnn(CCC3CCNCC3)c2)cc1. The molecule has 1 aliphatic heterocycles. The van der Waals surface area contributed by atoms with E-state index >= 15 is 0 Å². The Kier molecular flexibility index (Phi) is 7.20. The van der Waals surface area contributed by atoms with Gasteiger partial charge in [0.1, 0.15) is 0 Å². The third-order valence-corrected chi connectivity index (χ3v) is 4.21. The second-order valence-corrected chi connectivity index (χ2v) is 6.14. The maximum Gasteiger partial charge on any atom is 0.490 e. The van der Waals surface area contributed by atoms with Crippen LogP contribution in [0.2, 0.25) is 0 Å². The average molecular weight is 369 g/mol. The van der Waals surface area contributed by atoms with E-state index in [1.54, 1.807) is 0 Å². The Morgan fingerprint density at radius 2 is 1.81 bits per heavy atom. The van der Waals surface area contributed by atoms with Crippen LogP contribution < -0.4 is 5.32 Å². The number of nitrogens with one attached hydrogen (secondary N) is 1. The van der Waals surface area contributed by atoms with Crippen molar-refractivity contribution in [3.05, 3.63) is 42.7 Å². The molecule has 1 aliphatic rings. The zero-order chi connectivity index (χ0) is 19.0. The van der Waals surface area contributed by atoms with E-state index in [9.17, 15) is 13.2 Å². The number of carbonyl (C=O) groups is 1. The molecule has 1 saturated heterocycles. The largest absolute Gasteiger partial charge is 0.490 e. The topological polar surface area (TPSA) is 67.1 Å². The molecule has 2 heterocycles. The molecule has 0 unspecified atom stereocenters. The van der Waals surface area contributed by atoms with Crippen LogP contribution in [0.4, 0.5) is 13.2 Å². The fourth-order valence-corrected chi connectivity index (χ4v) is 2.75. The number of carboxylic acids is 1. The van der Waals surface area contributed by atoms with Gasteiger partial charge in [-0.2, -0.15) is 18.3 Å². The number of hydrogen-bond acceptors (Lipinski definition) is 3. The van der Waals surface area contributed by atoms with Gasteiger partial charge in [0.2, 0.25) is 0 Å². The number of halogens is 3. The summed E-state index contributed by atoms with van der Waals surface area (Å²) in [5.74, 6) is -1.89. The van der Waals surface area contributed by atoms with Crippen LogP contribution in [-0.4, -0.2) is 40.1 Å². The fraction of sp³-hybridized carbons (Fsp3) is 0.444. The Bertz CT molecular complexity index is 680. The third kappa shape index (κ3) is 6.51. The number of nitrogens with zero attached hydrogens (tertiary/aromatic N) is 2. The molecule has 0 bridgehead atoms. The zero-order valence-corrected chi connectivity index (χ0v) is 14.2. The molecular formula is C18H22F3N3O2. The second kappa shape index (κ2) is 9.38. The number of hydrogen-bond donors (Lipinski definition) is 2. The van der Waals surface area contributed by atoms with Crippen LogP contribution in [0, 0.1) is 5.92 Å². The molecule has 26 heavy (non-hydrogen) atoms. The summed E-state index contributed by atoms with van der Waals surface area (Å²) < 4.78 is 33.8. The Hall–Kier alpha value is -2.35. The summed E-state index contributed by atoms with van der Waals surface area (Å²) >= 11 is 0. The van der Waals surface area contributed by atoms with Gasteiger partial charge in [-0.1, -0.05) is 30.3 Å². The summed E-state index contributed by atoms with van der Waals surface area (Å²) in [4.78, 5) is 8.90. The minimum atomic E-state index is -5.08. The van der Waals surface area contributed by atoms with Crippen molar-refractivity contribution in [3.8, 4) is 11.1 Å². The van der Waals surface area contributed by atoms with Crippen molar-refractivity contribution in [3.63, 3.8) is 0 Å². The molecule has 0 saturated carbocycles. The van der Waals surface area contributed by atoms with Crippen LogP contribution in [0.25, 0.3) is 11.1 Å². The Labute approximate surface area is 149 Å².